The number of likely N-dealkylation sites (N-methyl/N-ethyl adjacent to an activating group) is 2. The second-order valence-electron chi connectivity index (χ2n) is 10.1. The molecule has 4 nitrogen and oxygen atoms in total. The molecule has 2 aliphatic heterocycles. The molecule has 3 aromatic carbocycles. The Bertz CT molecular complexity index is 1410. The van der Waals surface area contributed by atoms with E-state index in [0.717, 1.165) is 24.6 Å². The van der Waals surface area contributed by atoms with Gasteiger partial charge in [0, 0.05) is 24.9 Å². The summed E-state index contributed by atoms with van der Waals surface area (Å²) in [6.45, 7) is 6.37. The lowest BCUT2D eigenvalue weighted by Crippen LogP contribution is -2.32. The van der Waals surface area contributed by atoms with Crippen molar-refractivity contribution in [3.05, 3.63) is 84.0 Å². The van der Waals surface area contributed by atoms with Crippen molar-refractivity contribution in [3.8, 4) is 11.5 Å². The van der Waals surface area contributed by atoms with Crippen LogP contribution in [0.25, 0.3) is 21.5 Å². The summed E-state index contributed by atoms with van der Waals surface area (Å²) in [5.74, 6) is 2.53. The van der Waals surface area contributed by atoms with E-state index in [2.05, 4.69) is 96.5 Å². The maximum absolute atomic E-state index is 6.03. The van der Waals surface area contributed by atoms with Crippen molar-refractivity contribution < 1.29 is 9.47 Å². The Balaban J connectivity index is 1.67. The number of anilines is 2. The second kappa shape index (κ2) is 7.92. The number of ether oxygens (including phenoxy) is 2. The van der Waals surface area contributed by atoms with Gasteiger partial charge in [0.1, 0.15) is 11.5 Å². The van der Waals surface area contributed by atoms with Crippen LogP contribution in [0.3, 0.4) is 0 Å². The zero-order valence-corrected chi connectivity index (χ0v) is 21.4. The number of fused-ring (bicyclic) bond motifs is 11. The lowest BCUT2D eigenvalue weighted by molar-refractivity contribution is 0.415. The average molecular weight is 477 g/mol. The lowest BCUT2D eigenvalue weighted by Gasteiger charge is -2.27. The first kappa shape index (κ1) is 21.6. The Kier molecular flexibility index (Phi) is 4.76. The maximum atomic E-state index is 6.03. The van der Waals surface area contributed by atoms with Gasteiger partial charge in [-0.25, -0.2) is 0 Å². The van der Waals surface area contributed by atoms with Crippen LogP contribution in [0, 0.1) is 0 Å². The number of rotatable bonds is 4. The van der Waals surface area contributed by atoms with Crippen molar-refractivity contribution in [2.75, 3.05) is 37.1 Å². The molecule has 0 saturated carbocycles. The first-order valence-corrected chi connectivity index (χ1v) is 13.1. The summed E-state index contributed by atoms with van der Waals surface area (Å²) < 4.78 is 12.1. The molecule has 4 aliphatic rings. The lowest BCUT2D eigenvalue weighted by atomic mass is 9.82. The van der Waals surface area contributed by atoms with Crippen molar-refractivity contribution in [1.29, 1.82) is 0 Å². The van der Waals surface area contributed by atoms with Crippen LogP contribution in [-0.4, -0.2) is 39.4 Å². The van der Waals surface area contributed by atoms with E-state index in [0.29, 0.717) is 23.9 Å². The molecule has 0 fully saturated rings. The second-order valence-corrected chi connectivity index (χ2v) is 10.1. The smallest absolute Gasteiger partial charge is 0.143 e. The van der Waals surface area contributed by atoms with Crippen LogP contribution in [0.2, 0.25) is 0 Å². The van der Waals surface area contributed by atoms with E-state index in [1.165, 1.54) is 44.0 Å². The molecule has 2 heterocycles. The highest BCUT2D eigenvalue weighted by molar-refractivity contribution is 6.17. The Morgan fingerprint density at radius 2 is 1.06 bits per heavy atom. The third kappa shape index (κ3) is 2.65. The summed E-state index contributed by atoms with van der Waals surface area (Å²) in [5.41, 5.74) is 5.29. The fourth-order valence-corrected chi connectivity index (χ4v) is 7.29. The minimum atomic E-state index is 0.298. The summed E-state index contributed by atoms with van der Waals surface area (Å²) in [5, 5.41) is 5.22. The van der Waals surface area contributed by atoms with Crippen molar-refractivity contribution in [3.63, 3.8) is 0 Å². The van der Waals surface area contributed by atoms with Crippen LogP contribution in [0.5, 0.6) is 11.5 Å². The molecule has 3 aromatic rings. The molecule has 4 heteroatoms. The van der Waals surface area contributed by atoms with Gasteiger partial charge in [-0.3, -0.25) is 0 Å². The molecule has 0 aromatic heterocycles. The Morgan fingerprint density at radius 3 is 1.44 bits per heavy atom. The number of nitrogens with zero attached hydrogens (tertiary/aromatic N) is 2. The molecule has 0 radical (unpaired) electrons. The van der Waals surface area contributed by atoms with Crippen molar-refractivity contribution in [2.24, 2.45) is 0 Å². The molecule has 0 bridgehead atoms. The van der Waals surface area contributed by atoms with Gasteiger partial charge < -0.3 is 19.3 Å². The molecule has 7 rings (SSSR count). The van der Waals surface area contributed by atoms with Gasteiger partial charge >= 0.3 is 0 Å². The molecule has 0 spiro atoms. The first-order chi connectivity index (χ1) is 17.7. The van der Waals surface area contributed by atoms with Crippen LogP contribution in [0.1, 0.15) is 36.8 Å². The molecule has 4 atom stereocenters. The Morgan fingerprint density at radius 1 is 0.639 bits per heavy atom. The molecular weight excluding hydrogens is 444 g/mol. The largest absolute Gasteiger partial charge is 0.495 e. The van der Waals surface area contributed by atoms with Crippen LogP contribution < -0.4 is 19.3 Å². The monoisotopic (exact) mass is 476 g/mol. The third-order valence-corrected chi connectivity index (χ3v) is 8.65. The van der Waals surface area contributed by atoms with Gasteiger partial charge in [-0.2, -0.15) is 0 Å². The predicted octanol–water partition coefficient (Wildman–Crippen LogP) is 6.85. The van der Waals surface area contributed by atoms with Crippen LogP contribution >= 0.6 is 0 Å². The molecule has 0 saturated heterocycles. The Labute approximate surface area is 212 Å². The van der Waals surface area contributed by atoms with E-state index in [9.17, 15) is 0 Å². The zero-order valence-electron chi connectivity index (χ0n) is 21.4. The predicted molar refractivity (Wildman–Crippen MR) is 150 cm³/mol. The van der Waals surface area contributed by atoms with Crippen LogP contribution in [0.15, 0.2) is 72.9 Å². The minimum Gasteiger partial charge on any atom is -0.495 e. The summed E-state index contributed by atoms with van der Waals surface area (Å²) in [6, 6.07) is 9.65. The molecule has 182 valence electrons. The summed E-state index contributed by atoms with van der Waals surface area (Å²) in [7, 11) is 3.60. The van der Waals surface area contributed by atoms with Gasteiger partial charge in [-0.1, -0.05) is 60.7 Å². The van der Waals surface area contributed by atoms with E-state index in [1.807, 2.05) is 0 Å². The highest BCUT2D eigenvalue weighted by Crippen LogP contribution is 2.57. The quantitative estimate of drug-likeness (QED) is 0.385. The zero-order chi connectivity index (χ0) is 24.6. The average Bonchev–Trinajstić information content (AvgIpc) is 3.45. The van der Waals surface area contributed by atoms with Crippen molar-refractivity contribution >= 4 is 32.9 Å². The molecule has 36 heavy (non-hydrogen) atoms. The number of benzene rings is 3. The number of methoxy groups -OCH3 is 2. The molecule has 0 N–H and O–H groups in total. The summed E-state index contributed by atoms with van der Waals surface area (Å²) >= 11 is 0. The fraction of sp³-hybridized carbons (Fsp3) is 0.312. The van der Waals surface area contributed by atoms with E-state index in [4.69, 9.17) is 9.47 Å². The first-order valence-electron chi connectivity index (χ1n) is 13.1. The van der Waals surface area contributed by atoms with Crippen molar-refractivity contribution in [2.45, 2.75) is 37.8 Å². The van der Waals surface area contributed by atoms with Crippen LogP contribution in [-0.2, 0) is 0 Å². The summed E-state index contributed by atoms with van der Waals surface area (Å²) in [4.78, 5) is 5.04. The highest BCUT2D eigenvalue weighted by atomic mass is 16.5. The molecule has 0 amide bonds. The normalized spacial score (nSPS) is 24.9. The van der Waals surface area contributed by atoms with Gasteiger partial charge in [0.15, 0.2) is 0 Å². The van der Waals surface area contributed by atoms with Gasteiger partial charge in [0.05, 0.1) is 37.7 Å². The third-order valence-electron chi connectivity index (χ3n) is 8.65. The van der Waals surface area contributed by atoms with E-state index >= 15 is 0 Å². The van der Waals surface area contributed by atoms with Gasteiger partial charge in [0.25, 0.3) is 0 Å². The van der Waals surface area contributed by atoms with E-state index in [-0.39, 0.29) is 0 Å². The standard InChI is InChI=1S/C32H32N2O2/c1-5-33-23-13-9-7-11-21(23)29-27-19(17-25(35-3)31(29)33)15-16-20-18-26(36-4)32-30(28(20)27)22-12-8-10-14-24(22)34(32)6-2/h7-18,21-24H,5-6H2,1-4H3. The molecule has 2 aliphatic carbocycles. The van der Waals surface area contributed by atoms with Gasteiger partial charge in [-0.15, -0.1) is 0 Å². The van der Waals surface area contributed by atoms with Crippen LogP contribution in [0.4, 0.5) is 11.4 Å². The number of hydrogen-bond donors (Lipinski definition) is 0. The van der Waals surface area contributed by atoms with E-state index < -0.39 is 0 Å². The number of allylic oxidation sites excluding steroid dienone is 4. The SMILES string of the molecule is CCN1c2c(OC)cc3ccc4cc(OC)c5c(c4c3c2C2C=CC=CC21)C1C=CC=CC1N5CC. The maximum Gasteiger partial charge on any atom is 0.143 e. The van der Waals surface area contributed by atoms with Gasteiger partial charge in [-0.05, 0) is 58.7 Å². The van der Waals surface area contributed by atoms with E-state index in [1.54, 1.807) is 14.2 Å². The Hall–Kier alpha value is -3.66. The topological polar surface area (TPSA) is 24.9 Å². The molecule has 4 unspecified atom stereocenters. The minimum absolute atomic E-state index is 0.298. The fourth-order valence-electron chi connectivity index (χ4n) is 7.29. The summed E-state index contributed by atoms with van der Waals surface area (Å²) in [6.07, 6.45) is 18.2. The van der Waals surface area contributed by atoms with Crippen molar-refractivity contribution in [1.82, 2.24) is 0 Å². The van der Waals surface area contributed by atoms with Gasteiger partial charge in [0.2, 0.25) is 0 Å². The molecular formula is C32H32N2O2. The number of hydrogen-bond acceptors (Lipinski definition) is 4. The highest BCUT2D eigenvalue weighted by Gasteiger charge is 2.43.